The number of carbonyl (C=O) groups excluding carboxylic acids is 2. The molecule has 33 heavy (non-hydrogen) atoms. The van der Waals surface area contributed by atoms with Crippen molar-refractivity contribution >= 4 is 17.5 Å². The van der Waals surface area contributed by atoms with Gasteiger partial charge >= 0.3 is 0 Å². The number of aliphatic hydroxyl groups is 1. The minimum atomic E-state index is -0.863. The maximum atomic E-state index is 13.6. The largest absolute Gasteiger partial charge is 0.503 e. The lowest BCUT2D eigenvalue weighted by molar-refractivity contribution is -0.117. The van der Waals surface area contributed by atoms with Crippen molar-refractivity contribution < 1.29 is 19.4 Å². The maximum Gasteiger partial charge on any atom is 0.295 e. The first-order valence-electron chi connectivity index (χ1n) is 10.7. The van der Waals surface area contributed by atoms with Crippen molar-refractivity contribution in [3.05, 3.63) is 94.4 Å². The second-order valence-electron chi connectivity index (χ2n) is 8.25. The second kappa shape index (κ2) is 8.86. The number of carbonyl (C=O) groups is 2. The molecule has 2 heterocycles. The van der Waals surface area contributed by atoms with Crippen LogP contribution in [0.1, 0.15) is 53.0 Å². The molecule has 7 nitrogen and oxygen atoms in total. The van der Waals surface area contributed by atoms with Crippen molar-refractivity contribution in [2.45, 2.75) is 32.7 Å². The lowest BCUT2D eigenvalue weighted by Gasteiger charge is -2.25. The summed E-state index contributed by atoms with van der Waals surface area (Å²) < 4.78 is 5.24. The molecule has 3 aromatic rings. The minimum absolute atomic E-state index is 0.00448. The number of aryl methyl sites for hydroxylation is 1. The van der Waals surface area contributed by atoms with Gasteiger partial charge in [-0.05, 0) is 48.2 Å². The molecule has 1 amide bonds. The van der Waals surface area contributed by atoms with Gasteiger partial charge in [0.25, 0.3) is 5.91 Å². The molecule has 1 unspecified atom stereocenters. The Balaban J connectivity index is 1.82. The zero-order valence-corrected chi connectivity index (χ0v) is 18.9. The smallest absolute Gasteiger partial charge is 0.295 e. The molecule has 1 atom stereocenters. The lowest BCUT2D eigenvalue weighted by atomic mass is 9.91. The number of Topliss-reactive ketones (excluding diaryl/α,β-unsaturated/α-hetero) is 1. The van der Waals surface area contributed by atoms with E-state index in [1.54, 1.807) is 62.6 Å². The van der Waals surface area contributed by atoms with E-state index in [0.29, 0.717) is 28.5 Å². The Morgan fingerprint density at radius 2 is 1.67 bits per heavy atom. The molecular weight excluding hydrogens is 418 g/mol. The quantitative estimate of drug-likeness (QED) is 0.555. The molecule has 0 spiro atoms. The van der Waals surface area contributed by atoms with Crippen LogP contribution in [-0.4, -0.2) is 34.1 Å². The van der Waals surface area contributed by atoms with E-state index in [1.807, 2.05) is 12.1 Å². The first-order valence-corrected chi connectivity index (χ1v) is 10.7. The van der Waals surface area contributed by atoms with Gasteiger partial charge in [-0.25, -0.2) is 0 Å². The molecule has 0 fully saturated rings. The third kappa shape index (κ3) is 4.09. The van der Waals surface area contributed by atoms with Crippen LogP contribution in [0.3, 0.4) is 0 Å². The monoisotopic (exact) mass is 443 g/mol. The number of hydrogen-bond acceptors (Lipinski definition) is 6. The van der Waals surface area contributed by atoms with E-state index in [0.717, 1.165) is 5.56 Å². The highest BCUT2D eigenvalue weighted by molar-refractivity contribution is 6.20. The van der Waals surface area contributed by atoms with Crippen molar-refractivity contribution in [2.24, 2.45) is 0 Å². The Morgan fingerprint density at radius 1 is 1.00 bits per heavy atom. The number of aliphatic hydroxyl groups excluding tert-OH is 1. The molecule has 7 heteroatoms. The Hall–Kier alpha value is -4.00. The zero-order chi connectivity index (χ0) is 23.7. The van der Waals surface area contributed by atoms with Crippen LogP contribution >= 0.6 is 0 Å². The van der Waals surface area contributed by atoms with Crippen LogP contribution < -0.4 is 9.64 Å². The third-order valence-electron chi connectivity index (χ3n) is 5.75. The summed E-state index contributed by atoms with van der Waals surface area (Å²) in [5.41, 5.74) is 2.81. The molecule has 1 aliphatic heterocycles. The van der Waals surface area contributed by atoms with Gasteiger partial charge < -0.3 is 9.84 Å². The standard InChI is InChI=1S/C26H25N3O4/c1-15(2)17-6-8-19(9-7-17)24(30)22-23(18-10-12-20(33-4)13-11-18)29(26(32)25(22)31)21-14-5-16(3)27-28-21/h5-15,23,31H,1-4H3. The number of ether oxygens (including phenoxy) is 1. The van der Waals surface area contributed by atoms with E-state index in [-0.39, 0.29) is 11.4 Å². The highest BCUT2D eigenvalue weighted by Crippen LogP contribution is 2.41. The molecule has 0 saturated carbocycles. The van der Waals surface area contributed by atoms with Crippen LogP contribution in [0.2, 0.25) is 0 Å². The summed E-state index contributed by atoms with van der Waals surface area (Å²) in [6.45, 7) is 5.93. The Morgan fingerprint density at radius 3 is 2.21 bits per heavy atom. The molecule has 4 rings (SSSR count). The van der Waals surface area contributed by atoms with E-state index in [2.05, 4.69) is 24.0 Å². The summed E-state index contributed by atoms with van der Waals surface area (Å²) in [6.07, 6.45) is 0. The van der Waals surface area contributed by atoms with Crippen molar-refractivity contribution in [2.75, 3.05) is 12.0 Å². The van der Waals surface area contributed by atoms with Gasteiger partial charge in [-0.15, -0.1) is 5.10 Å². The van der Waals surface area contributed by atoms with Crippen LogP contribution in [0.5, 0.6) is 5.75 Å². The first-order chi connectivity index (χ1) is 15.8. The number of aromatic nitrogens is 2. The van der Waals surface area contributed by atoms with Crippen LogP contribution in [0.4, 0.5) is 5.82 Å². The average Bonchev–Trinajstić information content (AvgIpc) is 3.09. The van der Waals surface area contributed by atoms with Gasteiger partial charge in [0.1, 0.15) is 5.75 Å². The Labute approximate surface area is 192 Å². The molecule has 0 saturated heterocycles. The van der Waals surface area contributed by atoms with Gasteiger partial charge in [0.05, 0.1) is 24.4 Å². The van der Waals surface area contributed by atoms with Gasteiger partial charge in [0.2, 0.25) is 0 Å². The summed E-state index contributed by atoms with van der Waals surface area (Å²) in [5, 5.41) is 19.0. The van der Waals surface area contributed by atoms with Crippen LogP contribution in [-0.2, 0) is 4.79 Å². The molecule has 0 bridgehead atoms. The molecule has 0 aliphatic carbocycles. The van der Waals surface area contributed by atoms with Gasteiger partial charge in [-0.2, -0.15) is 5.10 Å². The minimum Gasteiger partial charge on any atom is -0.503 e. The van der Waals surface area contributed by atoms with E-state index in [4.69, 9.17) is 4.74 Å². The molecular formula is C26H25N3O4. The lowest BCUT2D eigenvalue weighted by Crippen LogP contribution is -2.32. The summed E-state index contributed by atoms with van der Waals surface area (Å²) in [6, 6.07) is 16.7. The van der Waals surface area contributed by atoms with Gasteiger partial charge in [-0.3, -0.25) is 14.5 Å². The number of nitrogens with zero attached hydrogens (tertiary/aromatic N) is 3. The SMILES string of the molecule is COc1ccc(C2C(C(=O)c3ccc(C(C)C)cc3)=C(O)C(=O)N2c2ccc(C)nn2)cc1. The third-order valence-corrected chi connectivity index (χ3v) is 5.75. The summed E-state index contributed by atoms with van der Waals surface area (Å²) in [7, 11) is 1.56. The van der Waals surface area contributed by atoms with Crippen molar-refractivity contribution in [1.82, 2.24) is 10.2 Å². The number of hydrogen-bond donors (Lipinski definition) is 1. The highest BCUT2D eigenvalue weighted by Gasteiger charge is 2.45. The van der Waals surface area contributed by atoms with E-state index < -0.39 is 23.5 Å². The second-order valence-corrected chi connectivity index (χ2v) is 8.25. The van der Waals surface area contributed by atoms with Crippen molar-refractivity contribution in [3.63, 3.8) is 0 Å². The Bertz CT molecular complexity index is 1210. The van der Waals surface area contributed by atoms with Gasteiger partial charge in [0, 0.05) is 5.56 Å². The molecule has 168 valence electrons. The topological polar surface area (TPSA) is 92.6 Å². The fourth-order valence-corrected chi connectivity index (χ4v) is 3.87. The number of benzene rings is 2. The molecule has 1 aromatic heterocycles. The molecule has 1 aliphatic rings. The molecule has 0 radical (unpaired) electrons. The van der Waals surface area contributed by atoms with E-state index in [1.165, 1.54) is 4.90 Å². The van der Waals surface area contributed by atoms with Crippen molar-refractivity contribution in [3.8, 4) is 5.75 Å². The average molecular weight is 444 g/mol. The zero-order valence-electron chi connectivity index (χ0n) is 18.9. The first kappa shape index (κ1) is 22.2. The van der Waals surface area contributed by atoms with E-state index >= 15 is 0 Å². The fraction of sp³-hybridized carbons (Fsp3) is 0.231. The number of ketones is 1. The normalized spacial score (nSPS) is 16.0. The molecule has 1 N–H and O–H groups in total. The number of amides is 1. The van der Waals surface area contributed by atoms with Crippen molar-refractivity contribution in [1.29, 1.82) is 0 Å². The number of anilines is 1. The van der Waals surface area contributed by atoms with Gasteiger partial charge in [0.15, 0.2) is 17.4 Å². The summed E-state index contributed by atoms with van der Waals surface area (Å²) in [4.78, 5) is 28.0. The molecule has 2 aromatic carbocycles. The summed E-state index contributed by atoms with van der Waals surface area (Å²) in [5.74, 6) is -0.504. The van der Waals surface area contributed by atoms with Gasteiger partial charge in [-0.1, -0.05) is 50.2 Å². The highest BCUT2D eigenvalue weighted by atomic mass is 16.5. The number of methoxy groups -OCH3 is 1. The predicted molar refractivity (Wildman–Crippen MR) is 125 cm³/mol. The van der Waals surface area contributed by atoms with Crippen LogP contribution in [0.25, 0.3) is 0 Å². The van der Waals surface area contributed by atoms with Crippen LogP contribution in [0.15, 0.2) is 72.0 Å². The summed E-state index contributed by atoms with van der Waals surface area (Å²) >= 11 is 0. The Kier molecular flexibility index (Phi) is 5.96. The van der Waals surface area contributed by atoms with E-state index in [9.17, 15) is 14.7 Å². The van der Waals surface area contributed by atoms with Crippen LogP contribution in [0, 0.1) is 6.92 Å². The maximum absolute atomic E-state index is 13.6. The predicted octanol–water partition coefficient (Wildman–Crippen LogP) is 4.70. The fourth-order valence-electron chi connectivity index (χ4n) is 3.87. The number of rotatable bonds is 6.